The Hall–Kier alpha value is -0.260. The molecular formula is C7H14ClNO3S. The molecular weight excluding hydrogens is 214 g/mol. The predicted molar refractivity (Wildman–Crippen MR) is 55.0 cm³/mol. The van der Waals surface area contributed by atoms with Crippen LogP contribution in [0.15, 0.2) is 0 Å². The van der Waals surface area contributed by atoms with Crippen molar-refractivity contribution in [3.05, 3.63) is 0 Å². The molecule has 0 saturated heterocycles. The number of esters is 1. The number of halogens is 1. The Morgan fingerprint density at radius 2 is 2.08 bits per heavy atom. The summed E-state index contributed by atoms with van der Waals surface area (Å²) in [5.41, 5.74) is 5.41. The van der Waals surface area contributed by atoms with Gasteiger partial charge in [0.1, 0.15) is 6.04 Å². The van der Waals surface area contributed by atoms with E-state index in [2.05, 4.69) is 4.74 Å². The minimum atomic E-state index is -0.609. The molecule has 0 saturated carbocycles. The van der Waals surface area contributed by atoms with E-state index in [1.165, 1.54) is 14.0 Å². The summed E-state index contributed by atoms with van der Waals surface area (Å²) in [4.78, 5) is 21.2. The molecule has 0 amide bonds. The Morgan fingerprint density at radius 3 is 2.46 bits per heavy atom. The lowest BCUT2D eigenvalue weighted by atomic mass is 10.2. The standard InChI is InChI=1S/C7H13NO3S.ClH/c1-5(9)12-4-3-6(8)7(10)11-2;/h6H,3-4,8H2,1-2H3;1H/t6-;/m0./s1. The highest BCUT2D eigenvalue weighted by Crippen LogP contribution is 2.05. The molecule has 1 atom stereocenters. The first-order chi connectivity index (χ1) is 5.57. The van der Waals surface area contributed by atoms with E-state index >= 15 is 0 Å². The third kappa shape index (κ3) is 8.08. The lowest BCUT2D eigenvalue weighted by Gasteiger charge is -2.06. The molecule has 0 radical (unpaired) electrons. The van der Waals surface area contributed by atoms with Gasteiger partial charge in [0, 0.05) is 12.7 Å². The van der Waals surface area contributed by atoms with Crippen LogP contribution in [0.25, 0.3) is 0 Å². The van der Waals surface area contributed by atoms with E-state index < -0.39 is 12.0 Å². The summed E-state index contributed by atoms with van der Waals surface area (Å²) in [7, 11) is 1.29. The van der Waals surface area contributed by atoms with Crippen molar-refractivity contribution < 1.29 is 14.3 Å². The molecule has 78 valence electrons. The van der Waals surface area contributed by atoms with Crippen molar-refractivity contribution in [3.8, 4) is 0 Å². The van der Waals surface area contributed by atoms with Crippen LogP contribution < -0.4 is 5.73 Å². The second-order valence-electron chi connectivity index (χ2n) is 2.26. The van der Waals surface area contributed by atoms with Crippen molar-refractivity contribution in [2.75, 3.05) is 12.9 Å². The van der Waals surface area contributed by atoms with Crippen LogP contribution in [0.5, 0.6) is 0 Å². The van der Waals surface area contributed by atoms with Crippen molar-refractivity contribution >= 4 is 35.3 Å². The third-order valence-electron chi connectivity index (χ3n) is 1.24. The molecule has 0 fully saturated rings. The van der Waals surface area contributed by atoms with Crippen LogP contribution in [0.3, 0.4) is 0 Å². The normalized spacial score (nSPS) is 11.3. The van der Waals surface area contributed by atoms with Crippen LogP contribution in [-0.4, -0.2) is 30.0 Å². The summed E-state index contributed by atoms with van der Waals surface area (Å²) >= 11 is 1.16. The van der Waals surface area contributed by atoms with Crippen LogP contribution >= 0.6 is 24.2 Å². The first kappa shape index (κ1) is 15.2. The second-order valence-corrected chi connectivity index (χ2v) is 3.53. The number of thioether (sulfide) groups is 1. The zero-order valence-corrected chi connectivity index (χ0v) is 9.24. The predicted octanol–water partition coefficient (Wildman–Crippen LogP) is 0.578. The maximum Gasteiger partial charge on any atom is 0.322 e. The number of carbonyl (C=O) groups excluding carboxylic acids is 2. The summed E-state index contributed by atoms with van der Waals surface area (Å²) in [6.45, 7) is 1.48. The topological polar surface area (TPSA) is 69.4 Å². The van der Waals surface area contributed by atoms with Gasteiger partial charge in [0.05, 0.1) is 7.11 Å². The number of hydrogen-bond donors (Lipinski definition) is 1. The fraction of sp³-hybridized carbons (Fsp3) is 0.714. The molecule has 4 nitrogen and oxygen atoms in total. The smallest absolute Gasteiger partial charge is 0.322 e. The monoisotopic (exact) mass is 227 g/mol. The molecule has 0 heterocycles. The Labute approximate surface area is 88.0 Å². The minimum Gasteiger partial charge on any atom is -0.468 e. The Morgan fingerprint density at radius 1 is 1.54 bits per heavy atom. The van der Waals surface area contributed by atoms with E-state index in [-0.39, 0.29) is 17.5 Å². The largest absolute Gasteiger partial charge is 0.468 e. The van der Waals surface area contributed by atoms with Gasteiger partial charge in [0.15, 0.2) is 5.12 Å². The number of carbonyl (C=O) groups is 2. The summed E-state index contributed by atoms with van der Waals surface area (Å²) in [6.07, 6.45) is 0.469. The molecule has 6 heteroatoms. The fourth-order valence-corrected chi connectivity index (χ4v) is 1.26. The van der Waals surface area contributed by atoms with Crippen LogP contribution in [0.4, 0.5) is 0 Å². The van der Waals surface area contributed by atoms with Crippen molar-refractivity contribution in [1.29, 1.82) is 0 Å². The molecule has 0 rings (SSSR count). The van der Waals surface area contributed by atoms with Gasteiger partial charge in [-0.2, -0.15) is 0 Å². The summed E-state index contributed by atoms with van der Waals surface area (Å²) in [5, 5.41) is 0.0343. The quantitative estimate of drug-likeness (QED) is 0.712. The van der Waals surface area contributed by atoms with Crippen molar-refractivity contribution in [1.82, 2.24) is 0 Å². The number of hydrogen-bond acceptors (Lipinski definition) is 5. The summed E-state index contributed by atoms with van der Waals surface area (Å²) < 4.78 is 4.41. The van der Waals surface area contributed by atoms with Crippen molar-refractivity contribution in [3.63, 3.8) is 0 Å². The van der Waals surface area contributed by atoms with E-state index in [9.17, 15) is 9.59 Å². The van der Waals surface area contributed by atoms with E-state index in [4.69, 9.17) is 5.73 Å². The van der Waals surface area contributed by atoms with Crippen LogP contribution in [0.2, 0.25) is 0 Å². The molecule has 0 bridgehead atoms. The van der Waals surface area contributed by atoms with Gasteiger partial charge in [-0.15, -0.1) is 12.4 Å². The third-order valence-corrected chi connectivity index (χ3v) is 2.08. The average Bonchev–Trinajstić information content (AvgIpc) is 2.02. The number of nitrogens with two attached hydrogens (primary N) is 1. The maximum atomic E-state index is 10.7. The van der Waals surface area contributed by atoms with Crippen molar-refractivity contribution in [2.45, 2.75) is 19.4 Å². The minimum absolute atomic E-state index is 0. The Kier molecular flexibility index (Phi) is 9.77. The lowest BCUT2D eigenvalue weighted by Crippen LogP contribution is -2.32. The van der Waals surface area contributed by atoms with Gasteiger partial charge in [0.2, 0.25) is 0 Å². The average molecular weight is 228 g/mol. The number of rotatable bonds is 4. The van der Waals surface area contributed by atoms with Gasteiger partial charge >= 0.3 is 5.97 Å². The zero-order chi connectivity index (χ0) is 9.56. The zero-order valence-electron chi connectivity index (χ0n) is 7.61. The van der Waals surface area contributed by atoms with Crippen LogP contribution in [0.1, 0.15) is 13.3 Å². The van der Waals surface area contributed by atoms with Crippen molar-refractivity contribution in [2.24, 2.45) is 5.73 Å². The van der Waals surface area contributed by atoms with E-state index in [0.717, 1.165) is 11.8 Å². The molecule has 0 aliphatic carbocycles. The fourth-order valence-electron chi connectivity index (χ4n) is 0.599. The maximum absolute atomic E-state index is 10.7. The Bertz CT molecular complexity index is 177. The first-order valence-corrected chi connectivity index (χ1v) is 4.53. The first-order valence-electron chi connectivity index (χ1n) is 3.54. The number of ether oxygens (including phenoxy) is 1. The van der Waals surface area contributed by atoms with Gasteiger partial charge in [-0.3, -0.25) is 9.59 Å². The molecule has 0 spiro atoms. The Balaban J connectivity index is 0. The van der Waals surface area contributed by atoms with Gasteiger partial charge < -0.3 is 10.5 Å². The molecule has 0 aliphatic rings. The SMILES string of the molecule is COC(=O)[C@@H](N)CCSC(C)=O.Cl. The van der Waals surface area contributed by atoms with Gasteiger partial charge in [0.25, 0.3) is 0 Å². The van der Waals surface area contributed by atoms with E-state index in [0.29, 0.717) is 12.2 Å². The highest BCUT2D eigenvalue weighted by atomic mass is 35.5. The molecule has 0 aromatic carbocycles. The number of methoxy groups -OCH3 is 1. The second kappa shape index (κ2) is 8.34. The highest BCUT2D eigenvalue weighted by molar-refractivity contribution is 8.13. The van der Waals surface area contributed by atoms with Crippen LogP contribution in [-0.2, 0) is 14.3 Å². The van der Waals surface area contributed by atoms with Gasteiger partial charge in [-0.25, -0.2) is 0 Å². The molecule has 0 aromatic rings. The molecule has 2 N–H and O–H groups in total. The summed E-state index contributed by atoms with van der Waals surface area (Å²) in [5.74, 6) is 0.130. The van der Waals surface area contributed by atoms with E-state index in [1.54, 1.807) is 0 Å². The molecule has 0 aromatic heterocycles. The van der Waals surface area contributed by atoms with E-state index in [1.807, 2.05) is 0 Å². The molecule has 0 unspecified atom stereocenters. The molecule has 13 heavy (non-hydrogen) atoms. The van der Waals surface area contributed by atoms with Gasteiger partial charge in [-0.1, -0.05) is 11.8 Å². The summed E-state index contributed by atoms with van der Waals surface area (Å²) in [6, 6.07) is -0.609. The lowest BCUT2D eigenvalue weighted by molar-refractivity contribution is -0.142. The van der Waals surface area contributed by atoms with Crippen LogP contribution in [0, 0.1) is 0 Å². The van der Waals surface area contributed by atoms with Gasteiger partial charge in [-0.05, 0) is 6.42 Å². The highest BCUT2D eigenvalue weighted by Gasteiger charge is 2.12. The molecule has 0 aliphatic heterocycles.